The van der Waals surface area contributed by atoms with Crippen LogP contribution in [0.15, 0.2) is 11.3 Å². The molecule has 0 aromatic rings. The van der Waals surface area contributed by atoms with Crippen molar-refractivity contribution in [2.24, 2.45) is 5.92 Å². The summed E-state index contributed by atoms with van der Waals surface area (Å²) in [5.41, 5.74) is 0.0926. The van der Waals surface area contributed by atoms with Gasteiger partial charge in [-0.3, -0.25) is 4.79 Å². The maximum absolute atomic E-state index is 11.2. The summed E-state index contributed by atoms with van der Waals surface area (Å²) in [5.74, 6) is -1.22. The van der Waals surface area contributed by atoms with E-state index in [1.165, 1.54) is 27.7 Å². The van der Waals surface area contributed by atoms with Crippen LogP contribution in [0.4, 0.5) is 0 Å². The van der Waals surface area contributed by atoms with Gasteiger partial charge in [0.25, 0.3) is 0 Å². The minimum Gasteiger partial charge on any atom is -0.693 e. The van der Waals surface area contributed by atoms with E-state index < -0.39 is 18.1 Å². The maximum atomic E-state index is 11.2. The molecule has 0 radical (unpaired) electrons. The molecule has 0 saturated heterocycles. The van der Waals surface area contributed by atoms with Gasteiger partial charge >= 0.3 is 21.1 Å². The molecule has 0 saturated carbocycles. The molecule has 106 valence electrons. The third-order valence-electron chi connectivity index (χ3n) is 2.14. The van der Waals surface area contributed by atoms with Gasteiger partial charge in [0.15, 0.2) is 5.78 Å². The summed E-state index contributed by atoms with van der Waals surface area (Å²) in [6, 6.07) is 0. The Labute approximate surface area is 118 Å². The Hall–Kier alpha value is -0.222. The van der Waals surface area contributed by atoms with Crippen LogP contribution in [0.25, 0.3) is 6.15 Å². The standard InChI is InChI=1S/C10H18O4.CH3.H2N.Pt/c1-5(11)9(6(2)12)10(7(3)13)8(4)14;;;/h5-6,9,11-13H,1-4H3;1H3;1H2;/q;2*-1;+2/b10-7+;;;. The summed E-state index contributed by atoms with van der Waals surface area (Å²) in [6.07, 6.45) is -1.76. The minimum absolute atomic E-state index is 0. The third kappa shape index (κ3) is 7.66. The predicted octanol–water partition coefficient (Wildman–Crippen LogP) is 1.95. The largest absolute Gasteiger partial charge is 2.00 e. The molecule has 17 heavy (non-hydrogen) atoms. The Morgan fingerprint density at radius 1 is 1.06 bits per heavy atom. The topological polar surface area (TPSA) is 111 Å². The summed E-state index contributed by atoms with van der Waals surface area (Å²) in [6.45, 7) is 5.62. The summed E-state index contributed by atoms with van der Waals surface area (Å²) in [5, 5.41) is 28.1. The molecule has 5 N–H and O–H groups in total. The number of rotatable bonds is 4. The summed E-state index contributed by atoms with van der Waals surface area (Å²) in [7, 11) is 0. The molecule has 0 bridgehead atoms. The van der Waals surface area contributed by atoms with Crippen LogP contribution >= 0.6 is 0 Å². The number of carbonyl (C=O) groups excluding carboxylic acids is 1. The Morgan fingerprint density at radius 2 is 1.35 bits per heavy atom. The molecule has 0 rings (SSSR count). The van der Waals surface area contributed by atoms with Crippen LogP contribution in [0.2, 0.25) is 0 Å². The molecule has 0 aliphatic carbocycles. The molecule has 5 nitrogen and oxygen atoms in total. The first kappa shape index (κ1) is 25.6. The van der Waals surface area contributed by atoms with E-state index >= 15 is 0 Å². The van der Waals surface area contributed by atoms with Gasteiger partial charge in [-0.25, -0.2) is 0 Å². The Kier molecular flexibility index (Phi) is 16.4. The zero-order valence-electron chi connectivity index (χ0n) is 10.9. The van der Waals surface area contributed by atoms with Crippen LogP contribution in [0, 0.1) is 13.3 Å². The Balaban J connectivity index is -0.000000282. The van der Waals surface area contributed by atoms with Crippen molar-refractivity contribution in [1.82, 2.24) is 0 Å². The molecule has 0 aromatic heterocycles. The second kappa shape index (κ2) is 10.9. The second-order valence-corrected chi connectivity index (χ2v) is 3.56. The number of hydrogen-bond donors (Lipinski definition) is 3. The van der Waals surface area contributed by atoms with Crippen molar-refractivity contribution < 1.29 is 41.2 Å². The van der Waals surface area contributed by atoms with E-state index in [2.05, 4.69) is 0 Å². The third-order valence-corrected chi connectivity index (χ3v) is 2.14. The summed E-state index contributed by atoms with van der Waals surface area (Å²) >= 11 is 0. The van der Waals surface area contributed by atoms with Crippen molar-refractivity contribution in [3.63, 3.8) is 0 Å². The smallest absolute Gasteiger partial charge is 0.693 e. The van der Waals surface area contributed by atoms with Gasteiger partial charge in [0, 0.05) is 11.5 Å². The van der Waals surface area contributed by atoms with Crippen molar-refractivity contribution in [2.45, 2.75) is 39.9 Å². The van der Waals surface area contributed by atoms with Crippen molar-refractivity contribution >= 4 is 5.78 Å². The van der Waals surface area contributed by atoms with Gasteiger partial charge in [-0.1, -0.05) is 0 Å². The van der Waals surface area contributed by atoms with E-state index in [4.69, 9.17) is 0 Å². The normalized spacial score (nSPS) is 16.1. The molecule has 0 amide bonds. The number of aliphatic hydroxyl groups is 3. The van der Waals surface area contributed by atoms with Crippen LogP contribution < -0.4 is 0 Å². The maximum Gasteiger partial charge on any atom is 2.00 e. The van der Waals surface area contributed by atoms with Crippen molar-refractivity contribution in [1.29, 1.82) is 0 Å². The SMILES string of the molecule is CC(=O)/C(=C(/C)O)C(C(C)O)C(C)O.[CH3-].[NH2-].[Pt+2]. The number of nitrogens with two attached hydrogens (primary N) is 1. The first-order chi connectivity index (χ1) is 6.29. The second-order valence-electron chi connectivity index (χ2n) is 3.56. The summed E-state index contributed by atoms with van der Waals surface area (Å²) in [4.78, 5) is 11.2. The van der Waals surface area contributed by atoms with E-state index in [1.807, 2.05) is 0 Å². The van der Waals surface area contributed by atoms with E-state index in [-0.39, 0.29) is 51.8 Å². The van der Waals surface area contributed by atoms with E-state index in [0.717, 1.165) is 0 Å². The first-order valence-corrected chi connectivity index (χ1v) is 4.55. The van der Waals surface area contributed by atoms with Gasteiger partial charge in [-0.15, -0.1) is 0 Å². The molecule has 0 aliphatic heterocycles. The van der Waals surface area contributed by atoms with Crippen LogP contribution in [-0.2, 0) is 25.9 Å². The molecular formula is C11H23NO4Pt. The number of ketones is 1. The first-order valence-electron chi connectivity index (χ1n) is 4.55. The fourth-order valence-electron chi connectivity index (χ4n) is 1.62. The van der Waals surface area contributed by atoms with E-state index in [1.54, 1.807) is 0 Å². The Bertz CT molecular complexity index is 240. The molecule has 0 spiro atoms. The number of Topliss-reactive ketones (excluding diaryl/α,β-unsaturated/α-hetero) is 1. The van der Waals surface area contributed by atoms with Gasteiger partial charge in [0.05, 0.1) is 18.0 Å². The fraction of sp³-hybridized carbons (Fsp3) is 0.636. The molecular weight excluding hydrogens is 405 g/mol. The average molecular weight is 428 g/mol. The Morgan fingerprint density at radius 3 is 1.41 bits per heavy atom. The predicted molar refractivity (Wildman–Crippen MR) is 64.6 cm³/mol. The zero-order chi connectivity index (χ0) is 11.5. The van der Waals surface area contributed by atoms with Crippen LogP contribution in [0.1, 0.15) is 27.7 Å². The molecule has 6 heteroatoms. The molecule has 0 aliphatic rings. The molecule has 0 fully saturated rings. The van der Waals surface area contributed by atoms with Crippen molar-refractivity contribution in [2.75, 3.05) is 0 Å². The molecule has 2 atom stereocenters. The molecule has 0 aromatic carbocycles. The number of allylic oxidation sites excluding steroid dienone is 1. The summed E-state index contributed by atoms with van der Waals surface area (Å²) < 4.78 is 0. The van der Waals surface area contributed by atoms with Crippen molar-refractivity contribution in [3.8, 4) is 0 Å². The van der Waals surface area contributed by atoms with Gasteiger partial charge in [-0.2, -0.15) is 0 Å². The van der Waals surface area contributed by atoms with E-state index in [9.17, 15) is 20.1 Å². The zero-order valence-corrected chi connectivity index (χ0v) is 13.1. The number of hydrogen-bond acceptors (Lipinski definition) is 4. The van der Waals surface area contributed by atoms with Gasteiger partial charge < -0.3 is 28.9 Å². The quantitative estimate of drug-likeness (QED) is 0.361. The monoisotopic (exact) mass is 428 g/mol. The number of aliphatic hydroxyl groups excluding tert-OH is 3. The van der Waals surface area contributed by atoms with Crippen molar-refractivity contribution in [3.05, 3.63) is 24.9 Å². The number of carbonyl (C=O) groups is 1. The van der Waals surface area contributed by atoms with E-state index in [0.29, 0.717) is 0 Å². The van der Waals surface area contributed by atoms with Gasteiger partial charge in [0.2, 0.25) is 0 Å². The van der Waals surface area contributed by atoms with Gasteiger partial charge in [0.1, 0.15) is 0 Å². The molecule has 0 heterocycles. The molecule has 2 unspecified atom stereocenters. The van der Waals surface area contributed by atoms with Crippen LogP contribution in [0.5, 0.6) is 0 Å². The van der Waals surface area contributed by atoms with Crippen LogP contribution in [-0.4, -0.2) is 33.3 Å². The minimum atomic E-state index is -0.879. The average Bonchev–Trinajstić information content (AvgIpc) is 1.96. The fourth-order valence-corrected chi connectivity index (χ4v) is 1.62. The van der Waals surface area contributed by atoms with Gasteiger partial charge in [-0.05, 0) is 27.7 Å². The van der Waals surface area contributed by atoms with Crippen LogP contribution in [0.3, 0.4) is 0 Å².